The molecule has 2 unspecified atom stereocenters. The molecule has 1 aliphatic rings. The second-order valence-electron chi connectivity index (χ2n) is 8.82. The predicted octanol–water partition coefficient (Wildman–Crippen LogP) is 8.68. The molecule has 162 valence electrons. The molecule has 1 N–H and O–H groups in total. The molecular weight excluding hydrogens is 386 g/mol. The first-order chi connectivity index (χ1) is 15.6. The Labute approximate surface area is 192 Å². The molecule has 32 heavy (non-hydrogen) atoms. The molecule has 0 bridgehead atoms. The predicted molar refractivity (Wildman–Crippen MR) is 140 cm³/mol. The van der Waals surface area contributed by atoms with Gasteiger partial charge in [-0.15, -0.1) is 0 Å². The highest BCUT2D eigenvalue weighted by Gasteiger charge is 2.21. The largest absolute Gasteiger partial charge is 0.356 e. The zero-order valence-corrected chi connectivity index (χ0v) is 19.4. The van der Waals surface area contributed by atoms with Gasteiger partial charge in [-0.3, -0.25) is 0 Å². The molecule has 1 nitrogen and oxygen atoms in total. The minimum Gasteiger partial charge on any atom is -0.356 e. The van der Waals surface area contributed by atoms with Gasteiger partial charge in [0.05, 0.1) is 0 Å². The Hall–Kier alpha value is -3.32. The minimum atomic E-state index is 0.281. The summed E-state index contributed by atoms with van der Waals surface area (Å²) in [6.07, 6.45) is 13.6. The van der Waals surface area contributed by atoms with Crippen LogP contribution >= 0.6 is 0 Å². The van der Waals surface area contributed by atoms with Crippen LogP contribution in [0.2, 0.25) is 0 Å². The van der Waals surface area contributed by atoms with Gasteiger partial charge in [0.1, 0.15) is 0 Å². The standard InChI is InChI=1S/C31H33N/c1-5-11-29-30(25-18-19-27(20-25)32-26-13-7-6-8-14-26)21-24-12-9-10-15-28(24)31(29)23(4)17-16-22(2)3/h6-10,12-21,23,25,32H,2,5,11H2,1,3-4H3/b17-16-. The third-order valence-electron chi connectivity index (χ3n) is 6.12. The lowest BCUT2D eigenvalue weighted by molar-refractivity contribution is 0.853. The highest BCUT2D eigenvalue weighted by Crippen LogP contribution is 2.39. The van der Waals surface area contributed by atoms with Crippen molar-refractivity contribution in [2.75, 3.05) is 5.32 Å². The fourth-order valence-electron chi connectivity index (χ4n) is 4.67. The van der Waals surface area contributed by atoms with Gasteiger partial charge in [-0.25, -0.2) is 0 Å². The fraction of sp³-hybridized carbons (Fsp3) is 0.226. The fourth-order valence-corrected chi connectivity index (χ4v) is 4.67. The first-order valence-corrected chi connectivity index (χ1v) is 11.7. The van der Waals surface area contributed by atoms with Crippen LogP contribution in [0.3, 0.4) is 0 Å². The summed E-state index contributed by atoms with van der Waals surface area (Å²) in [6.45, 7) is 10.7. The summed E-state index contributed by atoms with van der Waals surface area (Å²) in [5.41, 5.74) is 7.76. The molecule has 1 heteroatoms. The van der Waals surface area contributed by atoms with E-state index < -0.39 is 0 Å². The van der Waals surface area contributed by atoms with Gasteiger partial charge in [0, 0.05) is 23.2 Å². The van der Waals surface area contributed by atoms with Crippen LogP contribution in [0.15, 0.2) is 109 Å². The number of fused-ring (bicyclic) bond motifs is 1. The Balaban J connectivity index is 1.80. The van der Waals surface area contributed by atoms with E-state index in [-0.39, 0.29) is 5.92 Å². The van der Waals surface area contributed by atoms with Crippen molar-refractivity contribution in [3.63, 3.8) is 0 Å². The molecule has 0 amide bonds. The van der Waals surface area contributed by atoms with Crippen LogP contribution in [0.4, 0.5) is 5.69 Å². The first-order valence-electron chi connectivity index (χ1n) is 11.7. The van der Waals surface area contributed by atoms with Gasteiger partial charge in [0.15, 0.2) is 0 Å². The smallest absolute Gasteiger partial charge is 0.0384 e. The van der Waals surface area contributed by atoms with E-state index in [4.69, 9.17) is 0 Å². The van der Waals surface area contributed by atoms with E-state index >= 15 is 0 Å². The van der Waals surface area contributed by atoms with Crippen molar-refractivity contribution in [3.8, 4) is 0 Å². The van der Waals surface area contributed by atoms with Crippen LogP contribution in [0.25, 0.3) is 10.8 Å². The maximum absolute atomic E-state index is 4.05. The molecule has 0 fully saturated rings. The molecule has 0 saturated heterocycles. The monoisotopic (exact) mass is 419 g/mol. The Morgan fingerprint density at radius 2 is 1.84 bits per heavy atom. The van der Waals surface area contributed by atoms with Crippen molar-refractivity contribution in [1.29, 1.82) is 0 Å². The lowest BCUT2D eigenvalue weighted by atomic mass is 9.81. The van der Waals surface area contributed by atoms with E-state index in [2.05, 4.69) is 118 Å². The van der Waals surface area contributed by atoms with Crippen LogP contribution < -0.4 is 5.32 Å². The Morgan fingerprint density at radius 1 is 1.09 bits per heavy atom. The van der Waals surface area contributed by atoms with Crippen molar-refractivity contribution >= 4 is 16.5 Å². The normalized spacial score (nSPS) is 16.5. The number of hydrogen-bond donors (Lipinski definition) is 1. The Kier molecular flexibility index (Phi) is 6.75. The number of rotatable bonds is 8. The van der Waals surface area contributed by atoms with Crippen molar-refractivity contribution in [3.05, 3.63) is 126 Å². The van der Waals surface area contributed by atoms with Gasteiger partial charge < -0.3 is 5.32 Å². The summed E-state index contributed by atoms with van der Waals surface area (Å²) in [5.74, 6) is 0.609. The first kappa shape index (κ1) is 21.9. The maximum Gasteiger partial charge on any atom is 0.0384 e. The van der Waals surface area contributed by atoms with Crippen LogP contribution in [-0.2, 0) is 6.42 Å². The van der Waals surface area contributed by atoms with Gasteiger partial charge in [-0.2, -0.15) is 0 Å². The van der Waals surface area contributed by atoms with E-state index in [1.54, 1.807) is 0 Å². The molecular formula is C31H33N. The van der Waals surface area contributed by atoms with Gasteiger partial charge in [0.25, 0.3) is 0 Å². The topological polar surface area (TPSA) is 12.0 Å². The van der Waals surface area contributed by atoms with E-state index in [9.17, 15) is 0 Å². The summed E-state index contributed by atoms with van der Waals surface area (Å²) in [6, 6.07) is 21.6. The van der Waals surface area contributed by atoms with E-state index in [0.29, 0.717) is 5.92 Å². The average molecular weight is 420 g/mol. The van der Waals surface area contributed by atoms with Crippen LogP contribution in [0.5, 0.6) is 0 Å². The molecule has 0 saturated carbocycles. The molecule has 0 spiro atoms. The van der Waals surface area contributed by atoms with Crippen molar-refractivity contribution in [2.24, 2.45) is 0 Å². The van der Waals surface area contributed by atoms with Crippen molar-refractivity contribution in [1.82, 2.24) is 0 Å². The molecule has 4 rings (SSSR count). The van der Waals surface area contributed by atoms with Crippen molar-refractivity contribution < 1.29 is 0 Å². The van der Waals surface area contributed by atoms with E-state index in [1.165, 1.54) is 27.5 Å². The van der Waals surface area contributed by atoms with Crippen LogP contribution in [-0.4, -0.2) is 0 Å². The average Bonchev–Trinajstić information content (AvgIpc) is 3.26. The second kappa shape index (κ2) is 9.87. The highest BCUT2D eigenvalue weighted by molar-refractivity contribution is 5.89. The van der Waals surface area contributed by atoms with Gasteiger partial charge in [-0.1, -0.05) is 93.1 Å². The van der Waals surface area contributed by atoms with Crippen LogP contribution in [0.1, 0.15) is 55.7 Å². The molecule has 1 aliphatic carbocycles. The molecule has 3 aromatic rings. The number of benzene rings is 3. The number of anilines is 1. The maximum atomic E-state index is 4.05. The molecule has 2 atom stereocenters. The number of allylic oxidation sites excluding steroid dienone is 6. The second-order valence-corrected chi connectivity index (χ2v) is 8.82. The SMILES string of the molecule is C=C(C)/C=C\C(C)c1c(CCC)c(C2C=CC(Nc3ccccc3)=C2)cc2ccccc12. The number of para-hydroxylation sites is 1. The third-order valence-corrected chi connectivity index (χ3v) is 6.12. The van der Waals surface area contributed by atoms with Gasteiger partial charge in [-0.05, 0) is 71.2 Å². The summed E-state index contributed by atoms with van der Waals surface area (Å²) in [4.78, 5) is 0. The number of nitrogens with one attached hydrogen (secondary N) is 1. The van der Waals surface area contributed by atoms with Crippen molar-refractivity contribution in [2.45, 2.75) is 45.4 Å². The quantitative estimate of drug-likeness (QED) is 0.360. The van der Waals surface area contributed by atoms with E-state index in [1.807, 2.05) is 6.07 Å². The molecule has 0 aromatic heterocycles. The molecule has 3 aromatic carbocycles. The van der Waals surface area contributed by atoms with Gasteiger partial charge in [0.2, 0.25) is 0 Å². The zero-order chi connectivity index (χ0) is 22.5. The summed E-state index contributed by atoms with van der Waals surface area (Å²) >= 11 is 0. The molecule has 0 radical (unpaired) electrons. The van der Waals surface area contributed by atoms with Gasteiger partial charge >= 0.3 is 0 Å². The third kappa shape index (κ3) is 4.78. The zero-order valence-electron chi connectivity index (χ0n) is 19.4. The van der Waals surface area contributed by atoms with Crippen LogP contribution in [0, 0.1) is 0 Å². The lowest BCUT2D eigenvalue weighted by Crippen LogP contribution is -2.06. The summed E-state index contributed by atoms with van der Waals surface area (Å²) in [5, 5.41) is 6.24. The Morgan fingerprint density at radius 3 is 2.59 bits per heavy atom. The Bertz CT molecular complexity index is 1190. The summed E-state index contributed by atoms with van der Waals surface area (Å²) in [7, 11) is 0. The summed E-state index contributed by atoms with van der Waals surface area (Å²) < 4.78 is 0. The molecule has 0 heterocycles. The highest BCUT2D eigenvalue weighted by atomic mass is 14.9. The lowest BCUT2D eigenvalue weighted by Gasteiger charge is -2.23. The van der Waals surface area contributed by atoms with E-state index in [0.717, 1.165) is 29.8 Å². The minimum absolute atomic E-state index is 0.281. The molecule has 0 aliphatic heterocycles. The number of hydrogen-bond acceptors (Lipinski definition) is 1.